The molecule has 1 saturated heterocycles. The zero-order valence-electron chi connectivity index (χ0n) is 16.0. The van der Waals surface area contributed by atoms with Gasteiger partial charge in [0.1, 0.15) is 0 Å². The summed E-state index contributed by atoms with van der Waals surface area (Å²) in [5.74, 6) is 0.329. The highest BCUT2D eigenvalue weighted by Crippen LogP contribution is 2.57. The lowest BCUT2D eigenvalue weighted by Gasteiger charge is -2.55. The van der Waals surface area contributed by atoms with E-state index in [1.165, 1.54) is 22.4 Å². The van der Waals surface area contributed by atoms with Crippen molar-refractivity contribution >= 4 is 0 Å². The summed E-state index contributed by atoms with van der Waals surface area (Å²) in [5.41, 5.74) is 5.85. The molecule has 3 atom stereocenters. The van der Waals surface area contributed by atoms with E-state index < -0.39 is 0 Å². The number of fused-ring (bicyclic) bond motifs is 1. The van der Waals surface area contributed by atoms with E-state index >= 15 is 0 Å². The summed E-state index contributed by atoms with van der Waals surface area (Å²) in [5, 5.41) is 0. The van der Waals surface area contributed by atoms with Gasteiger partial charge in [-0.3, -0.25) is 4.90 Å². The molecule has 3 heteroatoms. The van der Waals surface area contributed by atoms with Crippen molar-refractivity contribution in [1.82, 2.24) is 4.90 Å². The molecule has 4 aliphatic rings. The lowest BCUT2D eigenvalue weighted by molar-refractivity contribution is -0.734. The van der Waals surface area contributed by atoms with Crippen molar-refractivity contribution in [3.8, 4) is 0 Å². The Morgan fingerprint density at radius 1 is 0.821 bits per heavy atom. The Balaban J connectivity index is 1.65. The van der Waals surface area contributed by atoms with Gasteiger partial charge in [-0.1, -0.05) is 60.7 Å². The van der Waals surface area contributed by atoms with Gasteiger partial charge in [-0.2, -0.15) is 4.57 Å². The predicted molar refractivity (Wildman–Crippen MR) is 108 cm³/mol. The molecule has 0 unspecified atom stereocenters. The van der Waals surface area contributed by atoms with Crippen LogP contribution in [0.15, 0.2) is 79.0 Å². The van der Waals surface area contributed by atoms with Crippen LogP contribution in [0.4, 0.5) is 0 Å². The molecule has 7 rings (SSSR count). The van der Waals surface area contributed by atoms with Crippen LogP contribution in [0.2, 0.25) is 0 Å². The molecule has 3 aromatic rings. The van der Waals surface area contributed by atoms with Crippen LogP contribution >= 0.6 is 0 Å². The highest BCUT2D eigenvalue weighted by molar-refractivity contribution is 5.48. The van der Waals surface area contributed by atoms with Crippen molar-refractivity contribution in [2.45, 2.75) is 23.9 Å². The van der Waals surface area contributed by atoms with Gasteiger partial charge in [0.25, 0.3) is 0 Å². The fraction of sp³-hybridized carbons (Fsp3) is 0.320. The molecule has 140 valence electrons. The summed E-state index contributed by atoms with van der Waals surface area (Å²) in [6, 6.07) is 27.4. The molecule has 0 radical (unpaired) electrons. The summed E-state index contributed by atoms with van der Waals surface area (Å²) in [7, 11) is 0. The minimum Gasteiger partial charge on any atom is -0.379 e. The van der Waals surface area contributed by atoms with E-state index in [1.54, 1.807) is 0 Å². The summed E-state index contributed by atoms with van der Waals surface area (Å²) >= 11 is 0. The number of benzene rings is 2. The Kier molecular flexibility index (Phi) is 3.68. The molecule has 0 amide bonds. The molecule has 1 aliphatic carbocycles. The Hall–Kier alpha value is -2.49. The summed E-state index contributed by atoms with van der Waals surface area (Å²) < 4.78 is 8.27. The van der Waals surface area contributed by atoms with Crippen molar-refractivity contribution < 1.29 is 9.30 Å². The average molecular weight is 369 g/mol. The maximum absolute atomic E-state index is 5.74. The molecule has 4 heterocycles. The molecule has 1 aromatic heterocycles. The fourth-order valence-corrected chi connectivity index (χ4v) is 5.97. The largest absolute Gasteiger partial charge is 0.379 e. The van der Waals surface area contributed by atoms with E-state index in [9.17, 15) is 0 Å². The first-order valence-corrected chi connectivity index (χ1v) is 10.4. The van der Waals surface area contributed by atoms with E-state index in [1.807, 2.05) is 0 Å². The molecule has 1 fully saturated rings. The third kappa shape index (κ3) is 2.15. The number of pyridine rings is 1. The van der Waals surface area contributed by atoms with Gasteiger partial charge in [-0.15, -0.1) is 0 Å². The van der Waals surface area contributed by atoms with Crippen molar-refractivity contribution in [2.75, 3.05) is 26.3 Å². The van der Waals surface area contributed by atoms with Crippen LogP contribution in [0.25, 0.3) is 0 Å². The van der Waals surface area contributed by atoms with Crippen molar-refractivity contribution in [3.63, 3.8) is 0 Å². The van der Waals surface area contributed by atoms with Crippen LogP contribution in [0.1, 0.15) is 40.8 Å². The van der Waals surface area contributed by atoms with Gasteiger partial charge < -0.3 is 4.74 Å². The van der Waals surface area contributed by atoms with Gasteiger partial charge in [0.2, 0.25) is 0 Å². The van der Waals surface area contributed by atoms with Gasteiger partial charge >= 0.3 is 0 Å². The molecular weight excluding hydrogens is 344 g/mol. The van der Waals surface area contributed by atoms with Crippen molar-refractivity contribution in [3.05, 3.63) is 101 Å². The first-order valence-electron chi connectivity index (χ1n) is 10.4. The zero-order valence-corrected chi connectivity index (χ0v) is 16.0. The Morgan fingerprint density at radius 2 is 1.54 bits per heavy atom. The predicted octanol–water partition coefficient (Wildman–Crippen LogP) is 3.64. The second-order valence-electron chi connectivity index (χ2n) is 8.20. The number of nitrogens with zero attached hydrogens (tertiary/aromatic N) is 2. The van der Waals surface area contributed by atoms with Gasteiger partial charge in [0.15, 0.2) is 17.9 Å². The smallest absolute Gasteiger partial charge is 0.191 e. The number of hydrogen-bond acceptors (Lipinski definition) is 2. The Labute approximate surface area is 166 Å². The maximum atomic E-state index is 5.74. The Bertz CT molecular complexity index is 964. The Morgan fingerprint density at radius 3 is 2.36 bits per heavy atom. The van der Waals surface area contributed by atoms with E-state index in [0.717, 1.165) is 32.7 Å². The number of aromatic nitrogens is 1. The summed E-state index contributed by atoms with van der Waals surface area (Å²) in [6.45, 7) is 3.63. The van der Waals surface area contributed by atoms with Crippen LogP contribution in [0, 0.1) is 0 Å². The van der Waals surface area contributed by atoms with E-state index in [0.29, 0.717) is 12.0 Å². The number of hydrogen-bond donors (Lipinski definition) is 0. The topological polar surface area (TPSA) is 16.4 Å². The molecular formula is C25H25N2O+. The average Bonchev–Trinajstić information content (AvgIpc) is 2.80. The zero-order chi connectivity index (χ0) is 18.6. The van der Waals surface area contributed by atoms with Gasteiger partial charge in [0.05, 0.1) is 24.7 Å². The first-order chi connectivity index (χ1) is 13.9. The first kappa shape index (κ1) is 16.5. The highest BCUT2D eigenvalue weighted by Gasteiger charge is 2.60. The fourth-order valence-electron chi connectivity index (χ4n) is 5.97. The third-order valence-electron chi connectivity index (χ3n) is 7.05. The standard InChI is InChI=1S/C25H25N2O/c1-2-8-19(9-3-1)25(26-14-16-28-17-15-26)18-23-20-10-4-5-11-21(20)24(25)22-12-6-7-13-27(22)23/h1-13,23-24H,14-18H2/q+1/t23-,24+,25-/m0/s1. The molecule has 2 bridgehead atoms. The number of ether oxygens (including phenoxy) is 1. The lowest BCUT2D eigenvalue weighted by Crippen LogP contribution is -2.66. The van der Waals surface area contributed by atoms with Crippen LogP contribution in [0.5, 0.6) is 0 Å². The van der Waals surface area contributed by atoms with Gasteiger partial charge in [0, 0.05) is 37.2 Å². The normalized spacial score (nSPS) is 28.6. The summed E-state index contributed by atoms with van der Waals surface area (Å²) in [6.07, 6.45) is 3.39. The molecule has 3 nitrogen and oxygen atoms in total. The monoisotopic (exact) mass is 369 g/mol. The van der Waals surface area contributed by atoms with E-state index in [-0.39, 0.29) is 5.54 Å². The molecule has 28 heavy (non-hydrogen) atoms. The molecule has 0 saturated carbocycles. The second-order valence-corrected chi connectivity index (χ2v) is 8.20. The molecule has 2 aromatic carbocycles. The van der Waals surface area contributed by atoms with Crippen LogP contribution in [-0.4, -0.2) is 31.2 Å². The van der Waals surface area contributed by atoms with Crippen LogP contribution < -0.4 is 4.57 Å². The van der Waals surface area contributed by atoms with Gasteiger partial charge in [-0.05, 0) is 11.1 Å². The van der Waals surface area contributed by atoms with E-state index in [2.05, 4.69) is 88.5 Å². The summed E-state index contributed by atoms with van der Waals surface area (Å²) in [4.78, 5) is 2.72. The van der Waals surface area contributed by atoms with Crippen molar-refractivity contribution in [2.24, 2.45) is 0 Å². The molecule has 0 spiro atoms. The third-order valence-corrected chi connectivity index (χ3v) is 7.05. The number of morpholine rings is 1. The number of rotatable bonds is 2. The molecule has 3 aliphatic heterocycles. The SMILES string of the molecule is c1ccc([C@@]2(N3CCOCC3)C[C@H]3c4ccccc4[C@@H]2c2cccc[n+]23)cc1. The lowest BCUT2D eigenvalue weighted by atomic mass is 9.59. The minimum absolute atomic E-state index is 0.0224. The molecule has 0 N–H and O–H groups in total. The minimum atomic E-state index is -0.0224. The highest BCUT2D eigenvalue weighted by atomic mass is 16.5. The maximum Gasteiger partial charge on any atom is 0.191 e. The van der Waals surface area contributed by atoms with Gasteiger partial charge in [-0.25, -0.2) is 0 Å². The van der Waals surface area contributed by atoms with Crippen LogP contribution in [-0.2, 0) is 10.3 Å². The quantitative estimate of drug-likeness (QED) is 0.641. The van der Waals surface area contributed by atoms with E-state index in [4.69, 9.17) is 4.74 Å². The van der Waals surface area contributed by atoms with Crippen molar-refractivity contribution in [1.29, 1.82) is 0 Å². The second kappa shape index (κ2) is 6.26. The van der Waals surface area contributed by atoms with Crippen LogP contribution in [0.3, 0.4) is 0 Å².